The first kappa shape index (κ1) is 14.2. The topological polar surface area (TPSA) is 30.5 Å². The number of methoxy groups -OCH3 is 2. The van der Waals surface area contributed by atoms with Crippen molar-refractivity contribution in [2.24, 2.45) is 11.8 Å². The van der Waals surface area contributed by atoms with E-state index in [0.717, 1.165) is 24.6 Å². The standard InChI is InChI=1S/C16H25NO2/c1-11(2)14-10-17-8-7-13(14)12-5-6-15(18-3)16(9-12)19-4/h5-6,9,11,13-14,17H,7-8,10H2,1-4H3. The molecule has 19 heavy (non-hydrogen) atoms. The molecule has 1 saturated heterocycles. The zero-order chi connectivity index (χ0) is 13.8. The number of hydrogen-bond donors (Lipinski definition) is 1. The van der Waals surface area contributed by atoms with E-state index in [2.05, 4.69) is 31.3 Å². The molecule has 0 aromatic heterocycles. The Balaban J connectivity index is 2.28. The summed E-state index contributed by atoms with van der Waals surface area (Å²) >= 11 is 0. The van der Waals surface area contributed by atoms with E-state index < -0.39 is 0 Å². The zero-order valence-electron chi connectivity index (χ0n) is 12.4. The normalized spacial score (nSPS) is 23.4. The minimum atomic E-state index is 0.612. The molecule has 0 amide bonds. The van der Waals surface area contributed by atoms with Gasteiger partial charge in [-0.15, -0.1) is 0 Å². The maximum Gasteiger partial charge on any atom is 0.160 e. The molecule has 2 unspecified atom stereocenters. The van der Waals surface area contributed by atoms with Crippen LogP contribution in [0.15, 0.2) is 18.2 Å². The fourth-order valence-electron chi connectivity index (χ4n) is 3.08. The molecule has 0 aliphatic carbocycles. The lowest BCUT2D eigenvalue weighted by Gasteiger charge is -2.35. The summed E-state index contributed by atoms with van der Waals surface area (Å²) in [6.45, 7) is 6.83. The molecular weight excluding hydrogens is 238 g/mol. The van der Waals surface area contributed by atoms with Crippen molar-refractivity contribution in [3.05, 3.63) is 23.8 Å². The van der Waals surface area contributed by atoms with Crippen LogP contribution in [0.4, 0.5) is 0 Å². The molecule has 1 aromatic rings. The third-order valence-corrected chi connectivity index (χ3v) is 4.22. The van der Waals surface area contributed by atoms with Crippen LogP contribution in [-0.2, 0) is 0 Å². The highest BCUT2D eigenvalue weighted by molar-refractivity contribution is 5.44. The summed E-state index contributed by atoms with van der Waals surface area (Å²) in [5.41, 5.74) is 1.37. The third-order valence-electron chi connectivity index (χ3n) is 4.22. The molecule has 1 heterocycles. The first-order valence-electron chi connectivity index (χ1n) is 7.10. The van der Waals surface area contributed by atoms with E-state index in [1.807, 2.05) is 6.07 Å². The van der Waals surface area contributed by atoms with Gasteiger partial charge >= 0.3 is 0 Å². The molecule has 2 rings (SSSR count). The molecule has 1 aliphatic rings. The SMILES string of the molecule is COc1ccc(C2CCNCC2C(C)C)cc1OC. The van der Waals surface area contributed by atoms with Crippen LogP contribution < -0.4 is 14.8 Å². The Labute approximate surface area is 116 Å². The van der Waals surface area contributed by atoms with Gasteiger partial charge in [-0.25, -0.2) is 0 Å². The second-order valence-corrected chi connectivity index (χ2v) is 5.62. The maximum absolute atomic E-state index is 5.42. The highest BCUT2D eigenvalue weighted by Gasteiger charge is 2.29. The first-order valence-corrected chi connectivity index (χ1v) is 7.10. The summed E-state index contributed by atoms with van der Waals surface area (Å²) in [6, 6.07) is 6.35. The average molecular weight is 263 g/mol. The number of ether oxygens (including phenoxy) is 2. The minimum absolute atomic E-state index is 0.612. The summed E-state index contributed by atoms with van der Waals surface area (Å²) < 4.78 is 10.7. The summed E-state index contributed by atoms with van der Waals surface area (Å²) in [5, 5.41) is 3.51. The predicted molar refractivity (Wildman–Crippen MR) is 78.1 cm³/mol. The highest BCUT2D eigenvalue weighted by Crippen LogP contribution is 2.38. The van der Waals surface area contributed by atoms with Crippen molar-refractivity contribution in [1.82, 2.24) is 5.32 Å². The molecule has 1 aliphatic heterocycles. The molecule has 0 bridgehead atoms. The smallest absolute Gasteiger partial charge is 0.160 e. The van der Waals surface area contributed by atoms with Gasteiger partial charge in [-0.2, -0.15) is 0 Å². The summed E-state index contributed by atoms with van der Waals surface area (Å²) in [7, 11) is 3.38. The monoisotopic (exact) mass is 263 g/mol. The molecule has 1 N–H and O–H groups in total. The van der Waals surface area contributed by atoms with Gasteiger partial charge in [-0.1, -0.05) is 19.9 Å². The summed E-state index contributed by atoms with van der Waals surface area (Å²) in [6.07, 6.45) is 1.19. The Kier molecular flexibility index (Phi) is 4.70. The Bertz CT molecular complexity index is 417. The highest BCUT2D eigenvalue weighted by atomic mass is 16.5. The van der Waals surface area contributed by atoms with Crippen LogP contribution in [0.5, 0.6) is 11.5 Å². The number of benzene rings is 1. The van der Waals surface area contributed by atoms with Crippen molar-refractivity contribution in [2.45, 2.75) is 26.2 Å². The maximum atomic E-state index is 5.42. The second-order valence-electron chi connectivity index (χ2n) is 5.62. The van der Waals surface area contributed by atoms with E-state index in [4.69, 9.17) is 9.47 Å². The van der Waals surface area contributed by atoms with Gasteiger partial charge in [-0.3, -0.25) is 0 Å². The van der Waals surface area contributed by atoms with Gasteiger partial charge in [0, 0.05) is 0 Å². The molecular formula is C16H25NO2. The quantitative estimate of drug-likeness (QED) is 0.905. The van der Waals surface area contributed by atoms with Crippen molar-refractivity contribution in [3.63, 3.8) is 0 Å². The van der Waals surface area contributed by atoms with Crippen LogP contribution in [0, 0.1) is 11.8 Å². The lowest BCUT2D eigenvalue weighted by atomic mass is 9.75. The average Bonchev–Trinajstić information content (AvgIpc) is 2.46. The van der Waals surface area contributed by atoms with E-state index in [1.165, 1.54) is 12.0 Å². The van der Waals surface area contributed by atoms with Gasteiger partial charge in [0.15, 0.2) is 11.5 Å². The number of piperidine rings is 1. The van der Waals surface area contributed by atoms with Crippen molar-refractivity contribution in [1.29, 1.82) is 0 Å². The van der Waals surface area contributed by atoms with E-state index >= 15 is 0 Å². The van der Waals surface area contributed by atoms with Gasteiger partial charge < -0.3 is 14.8 Å². The Morgan fingerprint density at radius 2 is 1.89 bits per heavy atom. The molecule has 0 saturated carbocycles. The molecule has 0 spiro atoms. The molecule has 2 atom stereocenters. The van der Waals surface area contributed by atoms with E-state index in [9.17, 15) is 0 Å². The molecule has 1 fully saturated rings. The van der Waals surface area contributed by atoms with Crippen LogP contribution in [0.3, 0.4) is 0 Å². The lowest BCUT2D eigenvalue weighted by molar-refractivity contribution is 0.254. The minimum Gasteiger partial charge on any atom is -0.493 e. The van der Waals surface area contributed by atoms with Crippen LogP contribution in [0.1, 0.15) is 31.7 Å². The molecule has 3 heteroatoms. The van der Waals surface area contributed by atoms with Gasteiger partial charge in [-0.05, 0) is 55.0 Å². The van der Waals surface area contributed by atoms with Crippen molar-refractivity contribution in [3.8, 4) is 11.5 Å². The van der Waals surface area contributed by atoms with E-state index in [-0.39, 0.29) is 0 Å². The summed E-state index contributed by atoms with van der Waals surface area (Å²) in [4.78, 5) is 0. The zero-order valence-corrected chi connectivity index (χ0v) is 12.4. The Hall–Kier alpha value is -1.22. The van der Waals surface area contributed by atoms with Gasteiger partial charge in [0.2, 0.25) is 0 Å². The lowest BCUT2D eigenvalue weighted by Crippen LogP contribution is -2.38. The Morgan fingerprint density at radius 1 is 1.16 bits per heavy atom. The number of nitrogens with one attached hydrogen (secondary N) is 1. The second kappa shape index (κ2) is 6.29. The van der Waals surface area contributed by atoms with Crippen molar-refractivity contribution < 1.29 is 9.47 Å². The van der Waals surface area contributed by atoms with Crippen LogP contribution in [-0.4, -0.2) is 27.3 Å². The van der Waals surface area contributed by atoms with Crippen LogP contribution in [0.2, 0.25) is 0 Å². The Morgan fingerprint density at radius 3 is 2.53 bits per heavy atom. The molecule has 3 nitrogen and oxygen atoms in total. The van der Waals surface area contributed by atoms with E-state index in [0.29, 0.717) is 17.8 Å². The molecule has 0 radical (unpaired) electrons. The van der Waals surface area contributed by atoms with Gasteiger partial charge in [0.1, 0.15) is 0 Å². The summed E-state index contributed by atoms with van der Waals surface area (Å²) in [5.74, 6) is 3.63. The molecule has 1 aromatic carbocycles. The van der Waals surface area contributed by atoms with Crippen LogP contribution >= 0.6 is 0 Å². The first-order chi connectivity index (χ1) is 9.17. The van der Waals surface area contributed by atoms with Gasteiger partial charge in [0.05, 0.1) is 14.2 Å². The fourth-order valence-corrected chi connectivity index (χ4v) is 3.08. The van der Waals surface area contributed by atoms with E-state index in [1.54, 1.807) is 14.2 Å². The van der Waals surface area contributed by atoms with Crippen molar-refractivity contribution in [2.75, 3.05) is 27.3 Å². The number of rotatable bonds is 4. The van der Waals surface area contributed by atoms with Crippen LogP contribution in [0.25, 0.3) is 0 Å². The van der Waals surface area contributed by atoms with Crippen molar-refractivity contribution >= 4 is 0 Å². The predicted octanol–water partition coefficient (Wildman–Crippen LogP) is 3.05. The van der Waals surface area contributed by atoms with Gasteiger partial charge in [0.25, 0.3) is 0 Å². The largest absolute Gasteiger partial charge is 0.493 e. The fraction of sp³-hybridized carbons (Fsp3) is 0.625. The third kappa shape index (κ3) is 3.03. The number of hydrogen-bond acceptors (Lipinski definition) is 3. The molecule has 106 valence electrons.